The topological polar surface area (TPSA) is 71.2 Å². The normalized spacial score (nSPS) is 20.2. The minimum Gasteiger partial charge on any atom is -0.368 e. The van der Waals surface area contributed by atoms with E-state index in [1.807, 2.05) is 0 Å². The lowest BCUT2D eigenvalue weighted by atomic mass is 10.1. The quantitative estimate of drug-likeness (QED) is 0.901. The smallest absolute Gasteiger partial charge is 0.368 e. The molecule has 21 heavy (non-hydrogen) atoms. The van der Waals surface area contributed by atoms with Crippen LogP contribution in [-0.2, 0) is 0 Å². The van der Waals surface area contributed by atoms with Gasteiger partial charge in [0.25, 0.3) is 0 Å². The average molecular weight is 301 g/mol. The molecule has 0 radical (unpaired) electrons. The maximum absolute atomic E-state index is 12.3. The SMILES string of the molecule is FC(F)(F)CN1CC[C@@H](CNc2ccc3nnnn3n2)C1. The summed E-state index contributed by atoms with van der Waals surface area (Å²) in [6.07, 6.45) is -3.38. The van der Waals surface area contributed by atoms with Gasteiger partial charge in [-0.15, -0.1) is 14.8 Å². The summed E-state index contributed by atoms with van der Waals surface area (Å²) in [5, 5.41) is 18.2. The van der Waals surface area contributed by atoms with E-state index in [0.717, 1.165) is 6.42 Å². The van der Waals surface area contributed by atoms with E-state index in [4.69, 9.17) is 0 Å². The zero-order valence-electron chi connectivity index (χ0n) is 11.1. The molecule has 1 fully saturated rings. The fourth-order valence-electron chi connectivity index (χ4n) is 2.47. The van der Waals surface area contributed by atoms with E-state index in [1.54, 1.807) is 12.1 Å². The highest BCUT2D eigenvalue weighted by Crippen LogP contribution is 2.22. The second-order valence-corrected chi connectivity index (χ2v) is 5.13. The number of likely N-dealkylation sites (tertiary alicyclic amines) is 1. The molecule has 7 nitrogen and oxygen atoms in total. The Balaban J connectivity index is 1.51. The van der Waals surface area contributed by atoms with Gasteiger partial charge in [-0.2, -0.15) is 13.2 Å². The Morgan fingerprint density at radius 1 is 1.33 bits per heavy atom. The van der Waals surface area contributed by atoms with Gasteiger partial charge in [-0.3, -0.25) is 4.90 Å². The zero-order valence-corrected chi connectivity index (χ0v) is 11.1. The number of anilines is 1. The van der Waals surface area contributed by atoms with Crippen molar-refractivity contribution >= 4 is 11.5 Å². The Labute approximate surface area is 118 Å². The molecule has 2 aromatic rings. The van der Waals surface area contributed by atoms with E-state index < -0.39 is 12.7 Å². The van der Waals surface area contributed by atoms with E-state index >= 15 is 0 Å². The van der Waals surface area contributed by atoms with Crippen molar-refractivity contribution in [3.8, 4) is 0 Å². The van der Waals surface area contributed by atoms with Crippen molar-refractivity contribution < 1.29 is 13.2 Å². The number of hydrogen-bond donors (Lipinski definition) is 1. The van der Waals surface area contributed by atoms with Crippen LogP contribution < -0.4 is 5.32 Å². The maximum Gasteiger partial charge on any atom is 0.401 e. The Morgan fingerprint density at radius 2 is 2.19 bits per heavy atom. The highest BCUT2D eigenvalue weighted by atomic mass is 19.4. The molecular formula is C11H14F3N7. The van der Waals surface area contributed by atoms with Crippen LogP contribution in [0.1, 0.15) is 6.42 Å². The molecule has 0 bridgehead atoms. The minimum atomic E-state index is -4.13. The third kappa shape index (κ3) is 3.57. The van der Waals surface area contributed by atoms with Crippen LogP contribution in [0.4, 0.5) is 19.0 Å². The third-order valence-electron chi connectivity index (χ3n) is 3.41. The summed E-state index contributed by atoms with van der Waals surface area (Å²) in [4.78, 5) is 1.43. The van der Waals surface area contributed by atoms with Crippen molar-refractivity contribution in [2.24, 2.45) is 5.92 Å². The van der Waals surface area contributed by atoms with Crippen LogP contribution in [0, 0.1) is 5.92 Å². The van der Waals surface area contributed by atoms with Gasteiger partial charge >= 0.3 is 6.18 Å². The van der Waals surface area contributed by atoms with Crippen LogP contribution in [-0.4, -0.2) is 62.5 Å². The molecule has 1 aliphatic rings. The fourth-order valence-corrected chi connectivity index (χ4v) is 2.47. The lowest BCUT2D eigenvalue weighted by Gasteiger charge is -2.18. The summed E-state index contributed by atoms with van der Waals surface area (Å²) in [6.45, 7) is 0.665. The number of nitrogens with one attached hydrogen (secondary N) is 1. The summed E-state index contributed by atoms with van der Waals surface area (Å²) < 4.78 is 38.2. The number of hydrogen-bond acceptors (Lipinski definition) is 6. The van der Waals surface area contributed by atoms with Gasteiger partial charge in [0.05, 0.1) is 6.54 Å². The molecule has 1 atom stereocenters. The van der Waals surface area contributed by atoms with Gasteiger partial charge in [0.1, 0.15) is 5.82 Å². The minimum absolute atomic E-state index is 0.179. The first kappa shape index (κ1) is 14.0. The van der Waals surface area contributed by atoms with Crippen molar-refractivity contribution in [3.63, 3.8) is 0 Å². The molecule has 0 aromatic carbocycles. The molecule has 1 N–H and O–H groups in total. The number of alkyl halides is 3. The Bertz CT molecular complexity index is 611. The molecule has 0 aliphatic carbocycles. The van der Waals surface area contributed by atoms with Crippen LogP contribution in [0.2, 0.25) is 0 Å². The highest BCUT2D eigenvalue weighted by molar-refractivity contribution is 5.42. The fraction of sp³-hybridized carbons (Fsp3) is 0.636. The van der Waals surface area contributed by atoms with Gasteiger partial charge < -0.3 is 5.32 Å². The second-order valence-electron chi connectivity index (χ2n) is 5.13. The summed E-state index contributed by atoms with van der Waals surface area (Å²) in [6, 6.07) is 3.47. The molecule has 1 aliphatic heterocycles. The molecule has 3 heterocycles. The van der Waals surface area contributed by atoms with Crippen LogP contribution in [0.25, 0.3) is 5.65 Å². The van der Waals surface area contributed by atoms with Crippen LogP contribution in [0.3, 0.4) is 0 Å². The summed E-state index contributed by atoms with van der Waals surface area (Å²) >= 11 is 0. The second kappa shape index (κ2) is 5.43. The van der Waals surface area contributed by atoms with Crippen molar-refractivity contribution in [2.75, 3.05) is 31.5 Å². The highest BCUT2D eigenvalue weighted by Gasteiger charge is 2.34. The molecule has 0 amide bonds. The first-order valence-electron chi connectivity index (χ1n) is 6.58. The number of tetrazole rings is 1. The standard InChI is InChI=1S/C11H14F3N7/c12-11(13,14)7-20-4-3-8(6-20)5-15-9-1-2-10-16-18-19-21(10)17-9/h1-2,8H,3-7H2,(H,15,17)/t8-/m0/s1. The monoisotopic (exact) mass is 301 g/mol. The van der Waals surface area contributed by atoms with Gasteiger partial charge in [-0.25, -0.2) is 0 Å². The van der Waals surface area contributed by atoms with Crippen LogP contribution in [0.5, 0.6) is 0 Å². The number of aromatic nitrogens is 5. The molecular weight excluding hydrogens is 287 g/mol. The number of fused-ring (bicyclic) bond motifs is 1. The largest absolute Gasteiger partial charge is 0.401 e. The molecule has 1 saturated heterocycles. The van der Waals surface area contributed by atoms with Crippen LogP contribution in [0.15, 0.2) is 12.1 Å². The first-order chi connectivity index (χ1) is 9.99. The van der Waals surface area contributed by atoms with E-state index in [2.05, 4.69) is 25.9 Å². The van der Waals surface area contributed by atoms with Crippen molar-refractivity contribution in [3.05, 3.63) is 12.1 Å². The Kier molecular flexibility index (Phi) is 3.62. The Hall–Kier alpha value is -1.97. The molecule has 0 spiro atoms. The van der Waals surface area contributed by atoms with E-state index in [9.17, 15) is 13.2 Å². The van der Waals surface area contributed by atoms with Gasteiger partial charge in [0.15, 0.2) is 5.65 Å². The molecule has 10 heteroatoms. The number of nitrogens with zero attached hydrogens (tertiary/aromatic N) is 6. The van der Waals surface area contributed by atoms with Gasteiger partial charge in [-0.05, 0) is 41.4 Å². The average Bonchev–Trinajstić information content (AvgIpc) is 3.02. The predicted molar refractivity (Wildman–Crippen MR) is 67.7 cm³/mol. The van der Waals surface area contributed by atoms with Crippen molar-refractivity contribution in [1.82, 2.24) is 30.2 Å². The summed E-state index contributed by atoms with van der Waals surface area (Å²) in [5.74, 6) is 0.780. The molecule has 0 unspecified atom stereocenters. The van der Waals surface area contributed by atoms with E-state index in [1.165, 1.54) is 9.53 Å². The predicted octanol–water partition coefficient (Wildman–Crippen LogP) is 0.815. The third-order valence-corrected chi connectivity index (χ3v) is 3.41. The van der Waals surface area contributed by atoms with E-state index in [0.29, 0.717) is 31.1 Å². The Morgan fingerprint density at radius 3 is 3.00 bits per heavy atom. The summed E-state index contributed by atoms with van der Waals surface area (Å²) in [7, 11) is 0. The van der Waals surface area contributed by atoms with Crippen molar-refractivity contribution in [1.29, 1.82) is 0 Å². The van der Waals surface area contributed by atoms with Crippen LogP contribution >= 0.6 is 0 Å². The lowest BCUT2D eigenvalue weighted by molar-refractivity contribution is -0.143. The lowest BCUT2D eigenvalue weighted by Crippen LogP contribution is -2.33. The molecule has 2 aromatic heterocycles. The molecule has 0 saturated carbocycles. The maximum atomic E-state index is 12.3. The van der Waals surface area contributed by atoms with Gasteiger partial charge in [0, 0.05) is 13.1 Å². The number of halogens is 3. The first-order valence-corrected chi connectivity index (χ1v) is 6.58. The zero-order chi connectivity index (χ0) is 14.9. The van der Waals surface area contributed by atoms with Crippen molar-refractivity contribution in [2.45, 2.75) is 12.6 Å². The van der Waals surface area contributed by atoms with Gasteiger partial charge in [-0.1, -0.05) is 0 Å². The van der Waals surface area contributed by atoms with Gasteiger partial charge in [0.2, 0.25) is 0 Å². The molecule has 114 valence electrons. The number of rotatable bonds is 4. The van der Waals surface area contributed by atoms with E-state index in [-0.39, 0.29) is 5.92 Å². The molecule has 3 rings (SSSR count). The summed E-state index contributed by atoms with van der Waals surface area (Å²) in [5.41, 5.74) is 0.540.